The third-order valence-electron chi connectivity index (χ3n) is 4.39. The van der Waals surface area contributed by atoms with Crippen molar-refractivity contribution in [3.05, 3.63) is 77.1 Å². The van der Waals surface area contributed by atoms with Crippen LogP contribution in [0.25, 0.3) is 5.69 Å². The van der Waals surface area contributed by atoms with Crippen molar-refractivity contribution < 1.29 is 35.2 Å². The monoisotopic (exact) mass is 503 g/mol. The van der Waals surface area contributed by atoms with E-state index in [0.717, 1.165) is 29.1 Å². The highest BCUT2D eigenvalue weighted by molar-refractivity contribution is 7.88. The molecule has 0 saturated carbocycles. The Morgan fingerprint density at radius 1 is 1.06 bits per heavy atom. The molecule has 3 rings (SSSR count). The van der Waals surface area contributed by atoms with Gasteiger partial charge in [-0.3, -0.25) is 0 Å². The summed E-state index contributed by atoms with van der Waals surface area (Å²) < 4.78 is 92.3. The molecule has 2 aromatic carbocycles. The van der Waals surface area contributed by atoms with E-state index in [-0.39, 0.29) is 29.2 Å². The molecule has 3 N–H and O–H groups in total. The number of nitrogens with one attached hydrogen (secondary N) is 3. The van der Waals surface area contributed by atoms with Gasteiger partial charge in [-0.1, -0.05) is 12.1 Å². The molecule has 0 saturated heterocycles. The molecule has 0 aliphatic heterocycles. The third kappa shape index (κ3) is 6.74. The summed E-state index contributed by atoms with van der Waals surface area (Å²) in [6.45, 7) is -0.701. The minimum Gasteiger partial charge on any atom is -0.332 e. The molecule has 1 aromatic heterocycles. The number of urea groups is 1. The van der Waals surface area contributed by atoms with Gasteiger partial charge in [0.2, 0.25) is 10.0 Å². The van der Waals surface area contributed by atoms with Crippen LogP contribution < -0.4 is 15.4 Å². The standard InChI is InChI=1S/C20H18F5N5O3S/c1-34(32,33)27-10-12-5-6-14(8-17(12)22)28-19(31)26-11-16-9-18(20(23,24)25)29-30(16)15-4-2-3-13(21)7-15/h2-9,27H,10-11H2,1H3,(H2,26,28,31). The highest BCUT2D eigenvalue weighted by atomic mass is 32.2. The van der Waals surface area contributed by atoms with Crippen LogP contribution >= 0.6 is 0 Å². The number of carbonyl (C=O) groups excluding carboxylic acids is 1. The zero-order valence-corrected chi connectivity index (χ0v) is 18.3. The van der Waals surface area contributed by atoms with Crippen molar-refractivity contribution in [3.8, 4) is 5.69 Å². The van der Waals surface area contributed by atoms with Crippen molar-refractivity contribution in [1.82, 2.24) is 19.8 Å². The molecule has 0 aliphatic rings. The molecule has 1 heterocycles. The fraction of sp³-hybridized carbons (Fsp3) is 0.200. The molecule has 8 nitrogen and oxygen atoms in total. The molecular formula is C20H18F5N5O3S. The number of alkyl halides is 3. The number of sulfonamides is 1. The summed E-state index contributed by atoms with van der Waals surface area (Å²) in [5, 5.41) is 8.11. The van der Waals surface area contributed by atoms with Crippen LogP contribution in [0.3, 0.4) is 0 Å². The van der Waals surface area contributed by atoms with E-state index in [1.807, 2.05) is 0 Å². The highest BCUT2D eigenvalue weighted by Crippen LogP contribution is 2.29. The summed E-state index contributed by atoms with van der Waals surface area (Å²) in [6, 6.07) is 8.15. The number of nitrogens with zero attached hydrogens (tertiary/aromatic N) is 2. The first-order chi connectivity index (χ1) is 15.8. The van der Waals surface area contributed by atoms with Crippen LogP contribution in [-0.4, -0.2) is 30.5 Å². The average molecular weight is 503 g/mol. The maximum Gasteiger partial charge on any atom is 0.435 e. The van der Waals surface area contributed by atoms with Gasteiger partial charge in [0.15, 0.2) is 5.69 Å². The van der Waals surface area contributed by atoms with E-state index in [9.17, 15) is 35.2 Å². The van der Waals surface area contributed by atoms with Gasteiger partial charge in [0, 0.05) is 17.8 Å². The number of hydrogen-bond donors (Lipinski definition) is 3. The van der Waals surface area contributed by atoms with Crippen molar-refractivity contribution in [2.45, 2.75) is 19.3 Å². The molecule has 2 amide bonds. The minimum atomic E-state index is -4.76. The fourth-order valence-electron chi connectivity index (χ4n) is 2.84. The van der Waals surface area contributed by atoms with Gasteiger partial charge in [-0.15, -0.1) is 0 Å². The highest BCUT2D eigenvalue weighted by Gasteiger charge is 2.35. The lowest BCUT2D eigenvalue weighted by Gasteiger charge is -2.11. The van der Waals surface area contributed by atoms with Gasteiger partial charge in [-0.2, -0.15) is 18.3 Å². The lowest BCUT2D eigenvalue weighted by Crippen LogP contribution is -2.29. The van der Waals surface area contributed by atoms with Crippen LogP contribution in [0.4, 0.5) is 32.4 Å². The third-order valence-corrected chi connectivity index (χ3v) is 5.06. The largest absolute Gasteiger partial charge is 0.435 e. The predicted octanol–water partition coefficient (Wildman–Crippen LogP) is 3.54. The Kier molecular flexibility index (Phi) is 7.21. The number of amides is 2. The second kappa shape index (κ2) is 9.77. The van der Waals surface area contributed by atoms with Gasteiger partial charge in [0.1, 0.15) is 11.6 Å². The molecule has 0 aliphatic carbocycles. The predicted molar refractivity (Wildman–Crippen MR) is 112 cm³/mol. The van der Waals surface area contributed by atoms with Gasteiger partial charge in [-0.25, -0.2) is 31.4 Å². The number of carbonyl (C=O) groups is 1. The van der Waals surface area contributed by atoms with E-state index >= 15 is 0 Å². The SMILES string of the molecule is CS(=O)(=O)NCc1ccc(NC(=O)NCc2cc(C(F)(F)F)nn2-c2cccc(F)c2)cc1F. The second-order valence-electron chi connectivity index (χ2n) is 7.12. The Bertz CT molecular complexity index is 1310. The lowest BCUT2D eigenvalue weighted by atomic mass is 10.2. The van der Waals surface area contributed by atoms with Crippen LogP contribution in [0.2, 0.25) is 0 Å². The summed E-state index contributed by atoms with van der Waals surface area (Å²) in [4.78, 5) is 12.2. The molecule has 34 heavy (non-hydrogen) atoms. The molecule has 0 spiro atoms. The number of rotatable bonds is 7. The molecule has 0 bridgehead atoms. The summed E-state index contributed by atoms with van der Waals surface area (Å²) in [5.74, 6) is -1.47. The van der Waals surface area contributed by atoms with E-state index < -0.39 is 46.1 Å². The Labute approximate surface area is 190 Å². The molecule has 0 radical (unpaired) electrons. The zero-order valence-electron chi connectivity index (χ0n) is 17.5. The number of benzene rings is 2. The first-order valence-corrected chi connectivity index (χ1v) is 11.4. The van der Waals surface area contributed by atoms with Crippen LogP contribution in [0.1, 0.15) is 17.0 Å². The van der Waals surface area contributed by atoms with Gasteiger partial charge < -0.3 is 10.6 Å². The number of hydrogen-bond acceptors (Lipinski definition) is 4. The molecule has 0 atom stereocenters. The first kappa shape index (κ1) is 25.1. The lowest BCUT2D eigenvalue weighted by molar-refractivity contribution is -0.141. The van der Waals surface area contributed by atoms with Crippen LogP contribution in [0, 0.1) is 11.6 Å². The maximum atomic E-state index is 14.2. The summed E-state index contributed by atoms with van der Waals surface area (Å²) in [6.07, 6.45) is -3.84. The normalized spacial score (nSPS) is 11.9. The average Bonchev–Trinajstić information content (AvgIpc) is 3.16. The van der Waals surface area contributed by atoms with Crippen molar-refractivity contribution in [1.29, 1.82) is 0 Å². The molecule has 0 unspecified atom stereocenters. The Balaban J connectivity index is 1.71. The molecule has 182 valence electrons. The molecule has 0 fully saturated rings. The zero-order chi connectivity index (χ0) is 25.1. The van der Waals surface area contributed by atoms with Gasteiger partial charge in [0.05, 0.1) is 24.2 Å². The minimum absolute atomic E-state index is 0.0210. The van der Waals surface area contributed by atoms with Gasteiger partial charge >= 0.3 is 12.2 Å². The topological polar surface area (TPSA) is 105 Å². The summed E-state index contributed by atoms with van der Waals surface area (Å²) in [5.41, 5.74) is -1.23. The van der Waals surface area contributed by atoms with Crippen molar-refractivity contribution in [2.75, 3.05) is 11.6 Å². The van der Waals surface area contributed by atoms with Crippen molar-refractivity contribution in [2.24, 2.45) is 0 Å². The first-order valence-electron chi connectivity index (χ1n) is 9.52. The quantitative estimate of drug-likeness (QED) is 0.429. The van der Waals surface area contributed by atoms with E-state index in [1.54, 1.807) is 0 Å². The van der Waals surface area contributed by atoms with E-state index in [4.69, 9.17) is 0 Å². The number of aromatic nitrogens is 2. The van der Waals surface area contributed by atoms with Crippen LogP contribution in [0.15, 0.2) is 48.5 Å². The molecule has 14 heteroatoms. The van der Waals surface area contributed by atoms with Crippen LogP contribution in [-0.2, 0) is 29.3 Å². The Morgan fingerprint density at radius 3 is 2.41 bits per heavy atom. The molecule has 3 aromatic rings. The number of halogens is 5. The molecular weight excluding hydrogens is 485 g/mol. The van der Waals surface area contributed by atoms with Gasteiger partial charge in [0.25, 0.3) is 0 Å². The fourth-order valence-corrected chi connectivity index (χ4v) is 3.26. The Hall–Kier alpha value is -3.52. The summed E-state index contributed by atoms with van der Waals surface area (Å²) >= 11 is 0. The smallest absolute Gasteiger partial charge is 0.332 e. The van der Waals surface area contributed by atoms with Crippen LogP contribution in [0.5, 0.6) is 0 Å². The van der Waals surface area contributed by atoms with E-state index in [2.05, 4.69) is 20.5 Å². The van der Waals surface area contributed by atoms with Crippen molar-refractivity contribution >= 4 is 21.7 Å². The van der Waals surface area contributed by atoms with E-state index in [1.165, 1.54) is 24.3 Å². The number of anilines is 1. The van der Waals surface area contributed by atoms with Gasteiger partial charge in [-0.05, 0) is 36.4 Å². The Morgan fingerprint density at radius 2 is 1.79 bits per heavy atom. The maximum absolute atomic E-state index is 14.2. The summed E-state index contributed by atoms with van der Waals surface area (Å²) in [7, 11) is -3.53. The van der Waals surface area contributed by atoms with E-state index in [0.29, 0.717) is 6.07 Å². The second-order valence-corrected chi connectivity index (χ2v) is 8.95. The van der Waals surface area contributed by atoms with Crippen molar-refractivity contribution in [3.63, 3.8) is 0 Å².